The molecular formula is C16H21ClN2O3. The lowest BCUT2D eigenvalue weighted by molar-refractivity contribution is -0.128. The number of rotatable bonds is 2. The number of piperidine rings is 1. The Balaban J connectivity index is 0.00000176. The molecule has 120 valence electrons. The summed E-state index contributed by atoms with van der Waals surface area (Å²) >= 11 is 0. The molecule has 1 aromatic rings. The zero-order chi connectivity index (χ0) is 14.8. The van der Waals surface area contributed by atoms with Crippen molar-refractivity contribution in [3.63, 3.8) is 0 Å². The predicted octanol–water partition coefficient (Wildman–Crippen LogP) is 1.84. The van der Waals surface area contributed by atoms with Gasteiger partial charge in [0, 0.05) is 24.7 Å². The Morgan fingerprint density at radius 2 is 2.27 bits per heavy atom. The van der Waals surface area contributed by atoms with E-state index < -0.39 is 0 Å². The third-order valence-corrected chi connectivity index (χ3v) is 3.95. The summed E-state index contributed by atoms with van der Waals surface area (Å²) in [7, 11) is 1.61. The summed E-state index contributed by atoms with van der Waals surface area (Å²) in [5, 5.41) is 0. The van der Waals surface area contributed by atoms with Crippen LogP contribution in [0.1, 0.15) is 18.4 Å². The second-order valence-electron chi connectivity index (χ2n) is 5.49. The Kier molecular flexibility index (Phi) is 5.32. The van der Waals surface area contributed by atoms with E-state index in [0.717, 1.165) is 24.9 Å². The van der Waals surface area contributed by atoms with E-state index in [2.05, 4.69) is 0 Å². The van der Waals surface area contributed by atoms with Crippen LogP contribution in [0.3, 0.4) is 0 Å². The van der Waals surface area contributed by atoms with Crippen LogP contribution in [0.5, 0.6) is 11.5 Å². The van der Waals surface area contributed by atoms with Crippen molar-refractivity contribution in [2.45, 2.75) is 18.9 Å². The standard InChI is InChI=1S/C16H20N2O3.ClH/c1-20-14-6-2-4-11-8-12(10-21-15(11)14)16(19)18-7-3-5-13(17)9-18;/h2,4,6,8,13H,3,5,7,9-10,17H2,1H3;1H. The molecule has 0 aromatic heterocycles. The molecule has 0 spiro atoms. The number of fused-ring (bicyclic) bond motifs is 1. The van der Waals surface area contributed by atoms with Crippen LogP contribution in [-0.4, -0.2) is 43.7 Å². The van der Waals surface area contributed by atoms with Gasteiger partial charge in [-0.15, -0.1) is 12.4 Å². The number of ether oxygens (including phenoxy) is 2. The van der Waals surface area contributed by atoms with E-state index in [9.17, 15) is 4.79 Å². The van der Waals surface area contributed by atoms with Crippen LogP contribution >= 0.6 is 12.4 Å². The molecule has 1 unspecified atom stereocenters. The van der Waals surface area contributed by atoms with Crippen molar-refractivity contribution in [3.05, 3.63) is 29.3 Å². The number of hydrogen-bond donors (Lipinski definition) is 1. The molecule has 1 aromatic carbocycles. The minimum atomic E-state index is 0. The number of carbonyl (C=O) groups is 1. The van der Waals surface area contributed by atoms with E-state index in [-0.39, 0.29) is 31.0 Å². The van der Waals surface area contributed by atoms with E-state index in [1.54, 1.807) is 7.11 Å². The maximum absolute atomic E-state index is 12.6. The van der Waals surface area contributed by atoms with Crippen LogP contribution < -0.4 is 15.2 Å². The first-order valence-electron chi connectivity index (χ1n) is 7.24. The van der Waals surface area contributed by atoms with Gasteiger partial charge in [0.1, 0.15) is 6.61 Å². The topological polar surface area (TPSA) is 64.8 Å². The molecule has 22 heavy (non-hydrogen) atoms. The molecule has 1 fully saturated rings. The Labute approximate surface area is 136 Å². The molecular weight excluding hydrogens is 304 g/mol. The molecule has 0 aliphatic carbocycles. The highest BCUT2D eigenvalue weighted by Crippen LogP contribution is 2.35. The number of benzene rings is 1. The molecule has 2 N–H and O–H groups in total. The summed E-state index contributed by atoms with van der Waals surface area (Å²) in [6, 6.07) is 5.75. The van der Waals surface area contributed by atoms with Gasteiger partial charge in [-0.2, -0.15) is 0 Å². The number of nitrogens with two attached hydrogens (primary N) is 1. The SMILES string of the molecule is COc1cccc2c1OCC(C(=O)N1CCCC(N)C1)=C2.Cl. The number of nitrogens with zero attached hydrogens (tertiary/aromatic N) is 1. The molecule has 2 aliphatic heterocycles. The molecule has 3 rings (SSSR count). The Hall–Kier alpha value is -1.72. The number of likely N-dealkylation sites (tertiary alicyclic amines) is 1. The first-order chi connectivity index (χ1) is 10.2. The number of para-hydroxylation sites is 1. The normalized spacial score (nSPS) is 20.2. The van der Waals surface area contributed by atoms with E-state index in [1.165, 1.54) is 0 Å². The fourth-order valence-corrected chi connectivity index (χ4v) is 2.86. The lowest BCUT2D eigenvalue weighted by Crippen LogP contribution is -2.46. The highest BCUT2D eigenvalue weighted by molar-refractivity contribution is 5.99. The van der Waals surface area contributed by atoms with Gasteiger partial charge in [-0.1, -0.05) is 12.1 Å². The summed E-state index contributed by atoms with van der Waals surface area (Å²) in [5.74, 6) is 1.42. The molecule has 1 saturated heterocycles. The van der Waals surface area contributed by atoms with E-state index in [1.807, 2.05) is 29.2 Å². The van der Waals surface area contributed by atoms with Gasteiger partial charge in [0.15, 0.2) is 11.5 Å². The summed E-state index contributed by atoms with van der Waals surface area (Å²) in [6.07, 6.45) is 3.84. The zero-order valence-electron chi connectivity index (χ0n) is 12.6. The fourth-order valence-electron chi connectivity index (χ4n) is 2.86. The van der Waals surface area contributed by atoms with Crippen LogP contribution in [0.25, 0.3) is 6.08 Å². The van der Waals surface area contributed by atoms with Crippen LogP contribution in [0.2, 0.25) is 0 Å². The molecule has 0 saturated carbocycles. The van der Waals surface area contributed by atoms with Gasteiger partial charge < -0.3 is 20.1 Å². The summed E-state index contributed by atoms with van der Waals surface area (Å²) < 4.78 is 11.0. The average molecular weight is 325 g/mol. The first kappa shape index (κ1) is 16.6. The Morgan fingerprint density at radius 3 is 3.00 bits per heavy atom. The van der Waals surface area contributed by atoms with Crippen molar-refractivity contribution in [2.75, 3.05) is 26.8 Å². The highest BCUT2D eigenvalue weighted by atomic mass is 35.5. The quantitative estimate of drug-likeness (QED) is 0.901. The molecule has 0 bridgehead atoms. The lowest BCUT2D eigenvalue weighted by Gasteiger charge is -2.32. The molecule has 2 aliphatic rings. The molecule has 2 heterocycles. The van der Waals surface area contributed by atoms with Gasteiger partial charge in [0.25, 0.3) is 5.91 Å². The number of hydrogen-bond acceptors (Lipinski definition) is 4. The van der Waals surface area contributed by atoms with E-state index >= 15 is 0 Å². The van der Waals surface area contributed by atoms with Crippen LogP contribution in [-0.2, 0) is 4.79 Å². The van der Waals surface area contributed by atoms with Crippen LogP contribution in [0.15, 0.2) is 23.8 Å². The molecule has 0 radical (unpaired) electrons. The monoisotopic (exact) mass is 324 g/mol. The summed E-state index contributed by atoms with van der Waals surface area (Å²) in [4.78, 5) is 14.4. The van der Waals surface area contributed by atoms with Crippen molar-refractivity contribution in [3.8, 4) is 11.5 Å². The van der Waals surface area contributed by atoms with Crippen molar-refractivity contribution < 1.29 is 14.3 Å². The van der Waals surface area contributed by atoms with Crippen molar-refractivity contribution in [1.82, 2.24) is 4.90 Å². The summed E-state index contributed by atoms with van der Waals surface area (Å²) in [6.45, 7) is 1.67. The predicted molar refractivity (Wildman–Crippen MR) is 87.5 cm³/mol. The van der Waals surface area contributed by atoms with Gasteiger partial charge in [-0.25, -0.2) is 0 Å². The van der Waals surface area contributed by atoms with E-state index in [0.29, 0.717) is 23.6 Å². The molecule has 1 amide bonds. The van der Waals surface area contributed by atoms with Gasteiger partial charge in [0.2, 0.25) is 0 Å². The zero-order valence-corrected chi connectivity index (χ0v) is 13.4. The van der Waals surface area contributed by atoms with Crippen LogP contribution in [0, 0.1) is 0 Å². The number of halogens is 1. The highest BCUT2D eigenvalue weighted by Gasteiger charge is 2.26. The number of methoxy groups -OCH3 is 1. The van der Waals surface area contributed by atoms with Crippen LogP contribution in [0.4, 0.5) is 0 Å². The Morgan fingerprint density at radius 1 is 1.45 bits per heavy atom. The lowest BCUT2D eigenvalue weighted by atomic mass is 10.0. The third-order valence-electron chi connectivity index (χ3n) is 3.95. The Bertz CT molecular complexity index is 589. The average Bonchev–Trinajstić information content (AvgIpc) is 2.53. The van der Waals surface area contributed by atoms with Crippen molar-refractivity contribution in [2.24, 2.45) is 5.73 Å². The smallest absolute Gasteiger partial charge is 0.253 e. The first-order valence-corrected chi connectivity index (χ1v) is 7.24. The maximum Gasteiger partial charge on any atom is 0.253 e. The number of carbonyl (C=O) groups excluding carboxylic acids is 1. The third kappa shape index (κ3) is 3.20. The van der Waals surface area contributed by atoms with Gasteiger partial charge in [0.05, 0.1) is 12.7 Å². The molecule has 5 nitrogen and oxygen atoms in total. The van der Waals surface area contributed by atoms with Crippen molar-refractivity contribution >= 4 is 24.4 Å². The minimum absolute atomic E-state index is 0. The number of amides is 1. The van der Waals surface area contributed by atoms with Gasteiger partial charge in [-0.3, -0.25) is 4.79 Å². The fraction of sp³-hybridized carbons (Fsp3) is 0.438. The van der Waals surface area contributed by atoms with Gasteiger partial charge in [-0.05, 0) is 25.0 Å². The second-order valence-corrected chi connectivity index (χ2v) is 5.49. The summed E-state index contributed by atoms with van der Waals surface area (Å²) in [5.41, 5.74) is 7.50. The maximum atomic E-state index is 12.6. The molecule has 6 heteroatoms. The molecule has 1 atom stereocenters. The van der Waals surface area contributed by atoms with Crippen molar-refractivity contribution in [1.29, 1.82) is 0 Å². The minimum Gasteiger partial charge on any atom is -0.493 e. The van der Waals surface area contributed by atoms with Gasteiger partial charge >= 0.3 is 0 Å². The largest absolute Gasteiger partial charge is 0.493 e. The van der Waals surface area contributed by atoms with E-state index in [4.69, 9.17) is 15.2 Å². The second kappa shape index (κ2) is 7.03.